The molecule has 0 radical (unpaired) electrons. The molecule has 2 N–H and O–H groups in total. The van der Waals surface area contributed by atoms with Gasteiger partial charge in [0.2, 0.25) is 5.95 Å². The zero-order chi connectivity index (χ0) is 21.6. The van der Waals surface area contributed by atoms with Crippen molar-refractivity contribution >= 4 is 40.4 Å². The topological polar surface area (TPSA) is 65.6 Å². The van der Waals surface area contributed by atoms with E-state index in [2.05, 4.69) is 49.6 Å². The number of benzene rings is 2. The van der Waals surface area contributed by atoms with Gasteiger partial charge in [-0.25, -0.2) is 4.98 Å². The van der Waals surface area contributed by atoms with Crippen molar-refractivity contribution in [2.75, 3.05) is 55.4 Å². The Hall–Kier alpha value is -3.03. The van der Waals surface area contributed by atoms with Crippen LogP contribution in [0.15, 0.2) is 54.7 Å². The van der Waals surface area contributed by atoms with E-state index >= 15 is 0 Å². The van der Waals surface area contributed by atoms with Crippen LogP contribution >= 0.6 is 11.6 Å². The van der Waals surface area contributed by atoms with Crippen LogP contribution in [-0.2, 0) is 0 Å². The molecule has 0 atom stereocenters. The van der Waals surface area contributed by atoms with Crippen molar-refractivity contribution in [1.82, 2.24) is 14.9 Å². The summed E-state index contributed by atoms with van der Waals surface area (Å²) in [6.07, 6.45) is 1.59. The van der Waals surface area contributed by atoms with Crippen molar-refractivity contribution < 1.29 is 4.74 Å². The molecule has 1 aromatic heterocycles. The Labute approximate surface area is 188 Å². The molecular weight excluding hydrogens is 412 g/mol. The first kappa shape index (κ1) is 21.2. The standard InChI is InChI=1S/C23H27ClN6O/c1-3-31-20-6-4-5-18(15-20)26-22-21(24)16-25-23(28-22)27-17-7-9-19(10-8-17)30-13-11-29(2)12-14-30/h4-10,15-16H,3,11-14H2,1-2H3,(H2,25,26,27,28). The third-order valence-electron chi connectivity index (χ3n) is 5.14. The molecule has 31 heavy (non-hydrogen) atoms. The molecule has 0 unspecified atom stereocenters. The largest absolute Gasteiger partial charge is 0.494 e. The average molecular weight is 439 g/mol. The first-order chi connectivity index (χ1) is 15.1. The predicted molar refractivity (Wildman–Crippen MR) is 127 cm³/mol. The summed E-state index contributed by atoms with van der Waals surface area (Å²) in [5, 5.41) is 6.94. The van der Waals surface area contributed by atoms with Gasteiger partial charge >= 0.3 is 0 Å². The SMILES string of the molecule is CCOc1cccc(Nc2nc(Nc3ccc(N4CCN(C)CC4)cc3)ncc2Cl)c1. The van der Waals surface area contributed by atoms with Crippen LogP contribution in [0.25, 0.3) is 0 Å². The van der Waals surface area contributed by atoms with Crippen LogP contribution in [0, 0.1) is 0 Å². The molecular formula is C23H27ClN6O. The molecule has 4 rings (SSSR count). The summed E-state index contributed by atoms with van der Waals surface area (Å²) in [4.78, 5) is 13.6. The molecule has 162 valence electrons. The fourth-order valence-electron chi connectivity index (χ4n) is 3.43. The van der Waals surface area contributed by atoms with E-state index in [4.69, 9.17) is 16.3 Å². The van der Waals surface area contributed by atoms with E-state index in [1.165, 1.54) is 5.69 Å². The second kappa shape index (κ2) is 9.85. The number of rotatable bonds is 7. The van der Waals surface area contributed by atoms with Gasteiger partial charge in [0, 0.05) is 49.3 Å². The van der Waals surface area contributed by atoms with Crippen molar-refractivity contribution in [3.05, 3.63) is 59.8 Å². The average Bonchev–Trinajstić information content (AvgIpc) is 2.78. The van der Waals surface area contributed by atoms with Crippen molar-refractivity contribution in [2.24, 2.45) is 0 Å². The van der Waals surface area contributed by atoms with Crippen LogP contribution in [-0.4, -0.2) is 54.7 Å². The van der Waals surface area contributed by atoms with Crippen LogP contribution in [0.3, 0.4) is 0 Å². The molecule has 1 fully saturated rings. The van der Waals surface area contributed by atoms with Crippen LogP contribution in [0.4, 0.5) is 28.8 Å². The molecule has 1 saturated heterocycles. The van der Waals surface area contributed by atoms with Crippen LogP contribution in [0.1, 0.15) is 6.92 Å². The highest BCUT2D eigenvalue weighted by Gasteiger charge is 2.14. The summed E-state index contributed by atoms with van der Waals surface area (Å²) < 4.78 is 5.55. The second-order valence-electron chi connectivity index (χ2n) is 7.44. The first-order valence-corrected chi connectivity index (χ1v) is 10.8. The van der Waals surface area contributed by atoms with E-state index in [9.17, 15) is 0 Å². The lowest BCUT2D eigenvalue weighted by atomic mass is 10.2. The van der Waals surface area contributed by atoms with Crippen LogP contribution < -0.4 is 20.3 Å². The smallest absolute Gasteiger partial charge is 0.229 e. The number of aromatic nitrogens is 2. The lowest BCUT2D eigenvalue weighted by Gasteiger charge is -2.34. The molecule has 8 heteroatoms. The van der Waals surface area contributed by atoms with Crippen molar-refractivity contribution in [1.29, 1.82) is 0 Å². The molecule has 7 nitrogen and oxygen atoms in total. The Morgan fingerprint density at radius 3 is 2.52 bits per heavy atom. The fraction of sp³-hybridized carbons (Fsp3) is 0.304. The Balaban J connectivity index is 1.44. The third-order valence-corrected chi connectivity index (χ3v) is 5.42. The quantitative estimate of drug-likeness (QED) is 0.550. The van der Waals surface area contributed by atoms with Gasteiger partial charge in [0.05, 0.1) is 12.8 Å². The molecule has 2 aromatic carbocycles. The number of nitrogens with one attached hydrogen (secondary N) is 2. The zero-order valence-electron chi connectivity index (χ0n) is 17.8. The van der Waals surface area contributed by atoms with Gasteiger partial charge in [0.1, 0.15) is 10.8 Å². The molecule has 0 amide bonds. The van der Waals surface area contributed by atoms with Crippen molar-refractivity contribution in [2.45, 2.75) is 6.92 Å². The molecule has 0 bridgehead atoms. The Bertz CT molecular complexity index is 1010. The number of ether oxygens (including phenoxy) is 1. The van der Waals surface area contributed by atoms with Gasteiger partial charge in [-0.3, -0.25) is 0 Å². The van der Waals surface area contributed by atoms with E-state index in [1.807, 2.05) is 43.3 Å². The number of piperazine rings is 1. The van der Waals surface area contributed by atoms with Crippen molar-refractivity contribution in [3.8, 4) is 5.75 Å². The molecule has 0 spiro atoms. The van der Waals surface area contributed by atoms with Gasteiger partial charge in [-0.2, -0.15) is 4.98 Å². The minimum atomic E-state index is 0.442. The van der Waals surface area contributed by atoms with Gasteiger partial charge in [-0.1, -0.05) is 17.7 Å². The van der Waals surface area contributed by atoms with Crippen LogP contribution in [0.2, 0.25) is 5.02 Å². The maximum absolute atomic E-state index is 6.31. The predicted octanol–water partition coefficient (Wildman–Crippen LogP) is 4.77. The van der Waals surface area contributed by atoms with Gasteiger partial charge in [0.15, 0.2) is 5.82 Å². The Morgan fingerprint density at radius 2 is 1.77 bits per heavy atom. The lowest BCUT2D eigenvalue weighted by molar-refractivity contribution is 0.313. The van der Waals surface area contributed by atoms with Gasteiger partial charge in [-0.05, 0) is 50.4 Å². The van der Waals surface area contributed by atoms with E-state index in [1.54, 1.807) is 6.20 Å². The third kappa shape index (κ3) is 5.57. The van der Waals surface area contributed by atoms with E-state index in [-0.39, 0.29) is 0 Å². The summed E-state index contributed by atoms with van der Waals surface area (Å²) in [6, 6.07) is 16.0. The van der Waals surface area contributed by atoms with Crippen LogP contribution in [0.5, 0.6) is 5.75 Å². The highest BCUT2D eigenvalue weighted by atomic mass is 35.5. The van der Waals surface area contributed by atoms with Gasteiger partial charge in [-0.15, -0.1) is 0 Å². The molecule has 1 aliphatic rings. The normalized spacial score (nSPS) is 14.4. The summed E-state index contributed by atoms with van der Waals surface area (Å²) >= 11 is 6.31. The zero-order valence-corrected chi connectivity index (χ0v) is 18.6. The van der Waals surface area contributed by atoms with Crippen molar-refractivity contribution in [3.63, 3.8) is 0 Å². The molecule has 1 aliphatic heterocycles. The lowest BCUT2D eigenvalue weighted by Crippen LogP contribution is -2.44. The summed E-state index contributed by atoms with van der Waals surface area (Å²) in [5.41, 5.74) is 2.99. The maximum Gasteiger partial charge on any atom is 0.229 e. The molecule has 0 saturated carbocycles. The monoisotopic (exact) mass is 438 g/mol. The number of halogens is 1. The second-order valence-corrected chi connectivity index (χ2v) is 7.85. The Morgan fingerprint density at radius 1 is 1.00 bits per heavy atom. The van der Waals surface area contributed by atoms with E-state index in [0.29, 0.717) is 23.4 Å². The number of hydrogen-bond donors (Lipinski definition) is 2. The Kier molecular flexibility index (Phi) is 6.74. The fourth-order valence-corrected chi connectivity index (χ4v) is 3.57. The summed E-state index contributed by atoms with van der Waals surface area (Å²) in [6.45, 7) is 6.83. The molecule has 2 heterocycles. The minimum absolute atomic E-state index is 0.442. The number of nitrogens with zero attached hydrogens (tertiary/aromatic N) is 4. The van der Waals surface area contributed by atoms with E-state index in [0.717, 1.165) is 43.3 Å². The van der Waals surface area contributed by atoms with E-state index < -0.39 is 0 Å². The highest BCUT2D eigenvalue weighted by Crippen LogP contribution is 2.27. The summed E-state index contributed by atoms with van der Waals surface area (Å²) in [5.74, 6) is 1.79. The number of anilines is 5. The van der Waals surface area contributed by atoms with Gasteiger partial charge < -0.3 is 25.2 Å². The maximum atomic E-state index is 6.31. The minimum Gasteiger partial charge on any atom is -0.494 e. The number of likely N-dealkylation sites (N-methyl/N-ethyl adjacent to an activating group) is 1. The highest BCUT2D eigenvalue weighted by molar-refractivity contribution is 6.32. The molecule has 3 aromatic rings. The first-order valence-electron chi connectivity index (χ1n) is 10.4. The van der Waals surface area contributed by atoms with Gasteiger partial charge in [0.25, 0.3) is 0 Å². The molecule has 0 aliphatic carbocycles. The number of hydrogen-bond acceptors (Lipinski definition) is 7. The summed E-state index contributed by atoms with van der Waals surface area (Å²) in [7, 11) is 2.16.